The van der Waals surface area contributed by atoms with Gasteiger partial charge in [-0.1, -0.05) is 6.07 Å². The fourth-order valence-corrected chi connectivity index (χ4v) is 3.11. The highest BCUT2D eigenvalue weighted by molar-refractivity contribution is 5.89. The smallest absolute Gasteiger partial charge is 0.406 e. The molecular weight excluding hydrogens is 373 g/mol. The SMILES string of the molecule is O=C(Nc1cccc(OC(F)(F)F)c1)NC1CCN(Cc2ccncc2)CC1. The number of nitrogens with zero attached hydrogens (tertiary/aromatic N) is 2. The second-order valence-corrected chi connectivity index (χ2v) is 6.58. The van der Waals surface area contributed by atoms with Gasteiger partial charge in [0.05, 0.1) is 0 Å². The average Bonchev–Trinajstić information content (AvgIpc) is 2.63. The van der Waals surface area contributed by atoms with Crippen molar-refractivity contribution in [2.75, 3.05) is 18.4 Å². The Morgan fingerprint density at radius 2 is 1.89 bits per heavy atom. The Balaban J connectivity index is 1.44. The monoisotopic (exact) mass is 394 g/mol. The summed E-state index contributed by atoms with van der Waals surface area (Å²) in [6.07, 6.45) is 0.363. The van der Waals surface area contributed by atoms with Crippen LogP contribution in [0.3, 0.4) is 0 Å². The van der Waals surface area contributed by atoms with Crippen LogP contribution in [0.15, 0.2) is 48.8 Å². The number of rotatable bonds is 5. The number of carbonyl (C=O) groups is 1. The van der Waals surface area contributed by atoms with Crippen LogP contribution in [0, 0.1) is 0 Å². The molecule has 1 aliphatic heterocycles. The van der Waals surface area contributed by atoms with Gasteiger partial charge in [0, 0.05) is 49.8 Å². The minimum atomic E-state index is -4.77. The minimum Gasteiger partial charge on any atom is -0.406 e. The molecule has 0 unspecified atom stereocenters. The number of nitrogens with one attached hydrogen (secondary N) is 2. The van der Waals surface area contributed by atoms with Crippen molar-refractivity contribution in [2.24, 2.45) is 0 Å². The lowest BCUT2D eigenvalue weighted by Gasteiger charge is -2.32. The van der Waals surface area contributed by atoms with Gasteiger partial charge in [-0.15, -0.1) is 13.2 Å². The minimum absolute atomic E-state index is 0.0169. The third kappa shape index (κ3) is 6.41. The van der Waals surface area contributed by atoms with Crippen LogP contribution in [0.4, 0.5) is 23.7 Å². The number of hydrogen-bond donors (Lipinski definition) is 2. The number of ether oxygens (including phenoxy) is 1. The first-order chi connectivity index (χ1) is 13.4. The molecule has 2 amide bonds. The van der Waals surface area contributed by atoms with Crippen LogP contribution in [-0.4, -0.2) is 41.4 Å². The molecule has 6 nitrogen and oxygen atoms in total. The maximum atomic E-state index is 12.3. The maximum Gasteiger partial charge on any atom is 0.573 e. The van der Waals surface area contributed by atoms with E-state index in [4.69, 9.17) is 0 Å². The molecule has 0 aliphatic carbocycles. The van der Waals surface area contributed by atoms with Crippen molar-refractivity contribution < 1.29 is 22.7 Å². The first-order valence-electron chi connectivity index (χ1n) is 8.92. The van der Waals surface area contributed by atoms with Crippen LogP contribution >= 0.6 is 0 Å². The van der Waals surface area contributed by atoms with Crippen molar-refractivity contribution in [3.63, 3.8) is 0 Å². The predicted octanol–water partition coefficient (Wildman–Crippen LogP) is 3.77. The molecule has 2 aromatic rings. The van der Waals surface area contributed by atoms with Crippen LogP contribution in [0.25, 0.3) is 0 Å². The number of carbonyl (C=O) groups excluding carboxylic acids is 1. The third-order valence-electron chi connectivity index (χ3n) is 4.40. The molecule has 0 bridgehead atoms. The van der Waals surface area contributed by atoms with E-state index in [0.29, 0.717) is 0 Å². The number of alkyl halides is 3. The van der Waals surface area contributed by atoms with Crippen molar-refractivity contribution in [2.45, 2.75) is 31.8 Å². The summed E-state index contributed by atoms with van der Waals surface area (Å²) in [7, 11) is 0. The number of pyridine rings is 1. The Morgan fingerprint density at radius 1 is 1.18 bits per heavy atom. The quantitative estimate of drug-likeness (QED) is 0.810. The van der Waals surface area contributed by atoms with Crippen LogP contribution in [-0.2, 0) is 6.54 Å². The van der Waals surface area contributed by atoms with E-state index >= 15 is 0 Å². The van der Waals surface area contributed by atoms with Gasteiger partial charge in [0.25, 0.3) is 0 Å². The highest BCUT2D eigenvalue weighted by Gasteiger charge is 2.31. The fraction of sp³-hybridized carbons (Fsp3) is 0.368. The first-order valence-corrected chi connectivity index (χ1v) is 8.92. The maximum absolute atomic E-state index is 12.3. The standard InChI is InChI=1S/C19H21F3N4O2/c20-19(21,22)28-17-3-1-2-16(12-17)25-18(27)24-15-6-10-26(11-7-15)13-14-4-8-23-9-5-14/h1-5,8-9,12,15H,6-7,10-11,13H2,(H2,24,25,27). The number of benzene rings is 1. The van der Waals surface area contributed by atoms with E-state index in [1.54, 1.807) is 12.4 Å². The Labute approximate surface area is 160 Å². The van der Waals surface area contributed by atoms with E-state index in [9.17, 15) is 18.0 Å². The first kappa shape index (κ1) is 19.9. The molecule has 1 aromatic heterocycles. The normalized spacial score (nSPS) is 15.8. The highest BCUT2D eigenvalue weighted by atomic mass is 19.4. The zero-order chi connectivity index (χ0) is 20.0. The molecule has 0 saturated carbocycles. The van der Waals surface area contributed by atoms with Gasteiger partial charge in [0.2, 0.25) is 0 Å². The van der Waals surface area contributed by atoms with Crippen LogP contribution in [0.5, 0.6) is 5.75 Å². The zero-order valence-corrected chi connectivity index (χ0v) is 15.1. The van der Waals surface area contributed by atoms with Gasteiger partial charge in [0.15, 0.2) is 0 Å². The van der Waals surface area contributed by atoms with Gasteiger partial charge in [0.1, 0.15) is 5.75 Å². The van der Waals surface area contributed by atoms with Crippen molar-refractivity contribution in [3.05, 3.63) is 54.4 Å². The van der Waals surface area contributed by atoms with Crippen LogP contribution in [0.1, 0.15) is 18.4 Å². The van der Waals surface area contributed by atoms with Gasteiger partial charge in [-0.2, -0.15) is 0 Å². The average molecular weight is 394 g/mol. The number of amides is 2. The summed E-state index contributed by atoms with van der Waals surface area (Å²) in [4.78, 5) is 18.5. The molecule has 2 heterocycles. The molecule has 1 saturated heterocycles. The van der Waals surface area contributed by atoms with Crippen LogP contribution in [0.2, 0.25) is 0 Å². The molecule has 0 spiro atoms. The van der Waals surface area contributed by atoms with Crippen molar-refractivity contribution in [3.8, 4) is 5.75 Å². The molecule has 1 aliphatic rings. The molecule has 1 fully saturated rings. The summed E-state index contributed by atoms with van der Waals surface area (Å²) >= 11 is 0. The van der Waals surface area contributed by atoms with Gasteiger partial charge >= 0.3 is 12.4 Å². The molecule has 3 rings (SSSR count). The fourth-order valence-electron chi connectivity index (χ4n) is 3.11. The molecule has 2 N–H and O–H groups in total. The van der Waals surface area contributed by atoms with Crippen molar-refractivity contribution in [1.29, 1.82) is 0 Å². The Morgan fingerprint density at radius 3 is 2.57 bits per heavy atom. The van der Waals surface area contributed by atoms with Crippen molar-refractivity contribution >= 4 is 11.7 Å². The second-order valence-electron chi connectivity index (χ2n) is 6.58. The lowest BCUT2D eigenvalue weighted by atomic mass is 10.0. The Bertz CT molecular complexity index is 778. The summed E-state index contributed by atoms with van der Waals surface area (Å²) in [5.41, 5.74) is 1.43. The predicted molar refractivity (Wildman–Crippen MR) is 97.8 cm³/mol. The van der Waals surface area contributed by atoms with Gasteiger partial charge in [-0.25, -0.2) is 4.79 Å². The molecule has 150 valence electrons. The largest absolute Gasteiger partial charge is 0.573 e. The number of anilines is 1. The van der Waals surface area contributed by atoms with E-state index in [2.05, 4.69) is 25.3 Å². The van der Waals surface area contributed by atoms with E-state index in [0.717, 1.165) is 38.5 Å². The summed E-state index contributed by atoms with van der Waals surface area (Å²) in [5.74, 6) is -0.380. The van der Waals surface area contributed by atoms with Gasteiger partial charge in [-0.05, 0) is 42.7 Å². The molecular formula is C19H21F3N4O2. The number of urea groups is 1. The number of aromatic nitrogens is 1. The summed E-state index contributed by atoms with van der Waals surface area (Å²) < 4.78 is 40.7. The molecule has 28 heavy (non-hydrogen) atoms. The van der Waals surface area contributed by atoms with E-state index in [1.165, 1.54) is 23.8 Å². The second kappa shape index (κ2) is 8.92. The van der Waals surface area contributed by atoms with Gasteiger partial charge in [-0.3, -0.25) is 9.88 Å². The summed E-state index contributed by atoms with van der Waals surface area (Å²) in [6.45, 7) is 2.54. The third-order valence-corrected chi connectivity index (χ3v) is 4.40. The summed E-state index contributed by atoms with van der Waals surface area (Å²) in [5, 5.41) is 5.42. The van der Waals surface area contributed by atoms with Gasteiger partial charge < -0.3 is 15.4 Å². The van der Waals surface area contributed by atoms with Crippen molar-refractivity contribution in [1.82, 2.24) is 15.2 Å². The number of hydrogen-bond acceptors (Lipinski definition) is 4. The number of halogens is 3. The Kier molecular flexibility index (Phi) is 6.35. The molecule has 1 aromatic carbocycles. The number of likely N-dealkylation sites (tertiary alicyclic amines) is 1. The van der Waals surface area contributed by atoms with E-state index in [-0.39, 0.29) is 17.5 Å². The molecule has 0 radical (unpaired) electrons. The lowest BCUT2D eigenvalue weighted by molar-refractivity contribution is -0.274. The van der Waals surface area contributed by atoms with Crippen LogP contribution < -0.4 is 15.4 Å². The van der Waals surface area contributed by atoms with E-state index < -0.39 is 12.4 Å². The topological polar surface area (TPSA) is 66.5 Å². The number of piperidine rings is 1. The lowest BCUT2D eigenvalue weighted by Crippen LogP contribution is -2.45. The molecule has 0 atom stereocenters. The Hall–Kier alpha value is -2.81. The highest BCUT2D eigenvalue weighted by Crippen LogP contribution is 2.25. The zero-order valence-electron chi connectivity index (χ0n) is 15.1. The summed E-state index contributed by atoms with van der Waals surface area (Å²) in [6, 6.07) is 8.72. The van der Waals surface area contributed by atoms with E-state index in [1.807, 2.05) is 12.1 Å². The molecule has 9 heteroatoms.